The van der Waals surface area contributed by atoms with Crippen LogP contribution in [-0.4, -0.2) is 16.3 Å². The molecule has 1 atom stereocenters. The first-order chi connectivity index (χ1) is 16.4. The minimum atomic E-state index is 0.431. The van der Waals surface area contributed by atoms with Crippen LogP contribution in [0.4, 0.5) is 0 Å². The lowest BCUT2D eigenvalue weighted by atomic mass is 10.0. The summed E-state index contributed by atoms with van der Waals surface area (Å²) >= 11 is 0. The number of para-hydroxylation sites is 1. The van der Waals surface area contributed by atoms with Gasteiger partial charge in [-0.15, -0.1) is 0 Å². The highest BCUT2D eigenvalue weighted by atomic mass is 31.1. The fourth-order valence-corrected chi connectivity index (χ4v) is 5.02. The number of aromatic nitrogens is 2. The summed E-state index contributed by atoms with van der Waals surface area (Å²) in [4.78, 5) is 9.22. The van der Waals surface area contributed by atoms with E-state index in [4.69, 9.17) is 4.74 Å². The first-order valence-electron chi connectivity index (χ1n) is 10.9. The molecule has 0 fully saturated rings. The predicted octanol–water partition coefficient (Wildman–Crippen LogP) is 6.82. The Labute approximate surface area is 195 Å². The topological polar surface area (TPSA) is 35.0 Å². The van der Waals surface area contributed by atoms with Gasteiger partial charge in [0.15, 0.2) is 0 Å². The quantitative estimate of drug-likeness (QED) is 0.257. The van der Waals surface area contributed by atoms with Gasteiger partial charge in [0.25, 0.3) is 0 Å². The van der Waals surface area contributed by atoms with Crippen molar-refractivity contribution >= 4 is 13.9 Å². The molecule has 0 N–H and O–H groups in total. The highest BCUT2D eigenvalue weighted by Gasteiger charge is 2.14. The van der Waals surface area contributed by atoms with E-state index in [-0.39, 0.29) is 0 Å². The maximum absolute atomic E-state index is 6.35. The number of nitrogens with zero attached hydrogens (tertiary/aromatic N) is 2. The highest BCUT2D eigenvalue weighted by Crippen LogP contribution is 2.33. The van der Waals surface area contributed by atoms with Gasteiger partial charge in [-0.25, -0.2) is 0 Å². The predicted molar refractivity (Wildman–Crippen MR) is 138 cm³/mol. The van der Waals surface area contributed by atoms with E-state index in [9.17, 15) is 0 Å². The van der Waals surface area contributed by atoms with Gasteiger partial charge in [-0.3, -0.25) is 9.97 Å². The van der Waals surface area contributed by atoms with E-state index in [0.29, 0.717) is 14.9 Å². The van der Waals surface area contributed by atoms with E-state index >= 15 is 0 Å². The third-order valence-corrected chi connectivity index (χ3v) is 6.58. The molecule has 0 amide bonds. The Bertz CT molecular complexity index is 1270. The van der Waals surface area contributed by atoms with Gasteiger partial charge in [0.05, 0.1) is 11.4 Å². The Morgan fingerprint density at radius 1 is 0.545 bits per heavy atom. The summed E-state index contributed by atoms with van der Waals surface area (Å²) in [6.45, 7) is 0. The third-order valence-electron chi connectivity index (χ3n) is 5.39. The number of hydrogen-bond donors (Lipinski definition) is 0. The molecule has 2 aromatic heterocycles. The molecule has 5 aromatic rings. The average molecular weight is 446 g/mol. The molecule has 0 radical (unpaired) electrons. The van der Waals surface area contributed by atoms with Gasteiger partial charge in [-0.05, 0) is 49.8 Å². The van der Waals surface area contributed by atoms with Gasteiger partial charge < -0.3 is 4.74 Å². The third kappa shape index (κ3) is 4.84. The molecular formula is C29H23N2OP. The Morgan fingerprint density at radius 2 is 1.12 bits per heavy atom. The molecule has 3 aromatic carbocycles. The summed E-state index contributed by atoms with van der Waals surface area (Å²) in [5, 5.41) is 1.21. The van der Waals surface area contributed by atoms with Gasteiger partial charge >= 0.3 is 0 Å². The second-order valence-electron chi connectivity index (χ2n) is 7.49. The molecule has 33 heavy (non-hydrogen) atoms. The lowest BCUT2D eigenvalue weighted by Crippen LogP contribution is -2.09. The van der Waals surface area contributed by atoms with Crippen molar-refractivity contribution in [2.45, 2.75) is 0 Å². The van der Waals surface area contributed by atoms with Crippen molar-refractivity contribution in [3.05, 3.63) is 122 Å². The van der Waals surface area contributed by atoms with Crippen LogP contribution in [0.2, 0.25) is 0 Å². The van der Waals surface area contributed by atoms with Crippen LogP contribution in [-0.2, 0) is 0 Å². The molecular weight excluding hydrogens is 423 g/mol. The van der Waals surface area contributed by atoms with Crippen LogP contribution >= 0.6 is 8.58 Å². The summed E-state index contributed by atoms with van der Waals surface area (Å²) in [5.74, 6) is 0.894. The summed E-state index contributed by atoms with van der Waals surface area (Å²) in [7, 11) is 0.431. The molecule has 0 spiro atoms. The molecule has 160 valence electrons. The summed E-state index contributed by atoms with van der Waals surface area (Å²) in [5.41, 5.74) is 6.42. The van der Waals surface area contributed by atoms with Crippen molar-refractivity contribution in [1.29, 1.82) is 0 Å². The monoisotopic (exact) mass is 446 g/mol. The first-order valence-corrected chi connectivity index (χ1v) is 12.1. The van der Waals surface area contributed by atoms with E-state index in [2.05, 4.69) is 70.6 Å². The van der Waals surface area contributed by atoms with Crippen molar-refractivity contribution in [2.75, 3.05) is 6.35 Å². The van der Waals surface area contributed by atoms with Crippen LogP contribution in [0.15, 0.2) is 122 Å². The Hall–Kier alpha value is -3.81. The van der Waals surface area contributed by atoms with Crippen LogP contribution in [0.25, 0.3) is 33.6 Å². The van der Waals surface area contributed by atoms with Gasteiger partial charge in [0.2, 0.25) is 0 Å². The maximum Gasteiger partial charge on any atom is 0.127 e. The fraction of sp³-hybridized carbons (Fsp3) is 0.0345. The lowest BCUT2D eigenvalue weighted by molar-refractivity contribution is 0.393. The molecule has 0 aliphatic heterocycles. The first kappa shape index (κ1) is 21.1. The second-order valence-corrected chi connectivity index (χ2v) is 8.63. The number of hydrogen-bond acceptors (Lipinski definition) is 3. The SMILES string of the molecule is c1ccc(-c2ccccc2OCPc2c(-c3ccccn3)cccc2-c2ccccn2)cc1. The van der Waals surface area contributed by atoms with Gasteiger partial charge in [0, 0.05) is 29.1 Å². The smallest absolute Gasteiger partial charge is 0.127 e. The molecule has 4 heteroatoms. The molecule has 0 saturated heterocycles. The van der Waals surface area contributed by atoms with Gasteiger partial charge in [0.1, 0.15) is 12.1 Å². The van der Waals surface area contributed by atoms with Crippen molar-refractivity contribution in [2.24, 2.45) is 0 Å². The minimum Gasteiger partial charge on any atom is -0.488 e. The van der Waals surface area contributed by atoms with Crippen molar-refractivity contribution in [3.63, 3.8) is 0 Å². The molecule has 0 aliphatic rings. The largest absolute Gasteiger partial charge is 0.488 e. The summed E-state index contributed by atoms with van der Waals surface area (Å²) in [6, 6.07) is 36.9. The Kier molecular flexibility index (Phi) is 6.51. The highest BCUT2D eigenvalue weighted by molar-refractivity contribution is 7.47. The van der Waals surface area contributed by atoms with E-state index in [1.165, 1.54) is 5.30 Å². The normalized spacial score (nSPS) is 11.0. The van der Waals surface area contributed by atoms with Gasteiger partial charge in [-0.1, -0.05) is 78.9 Å². The fourth-order valence-electron chi connectivity index (χ4n) is 3.85. The molecule has 0 bridgehead atoms. The van der Waals surface area contributed by atoms with Crippen LogP contribution in [0, 0.1) is 0 Å². The van der Waals surface area contributed by atoms with Crippen LogP contribution in [0.5, 0.6) is 5.75 Å². The number of rotatable bonds is 7. The minimum absolute atomic E-state index is 0.431. The molecule has 5 rings (SSSR count). The van der Waals surface area contributed by atoms with E-state index < -0.39 is 0 Å². The lowest BCUT2D eigenvalue weighted by Gasteiger charge is -2.16. The molecule has 0 saturated carbocycles. The van der Waals surface area contributed by atoms with E-state index in [1.54, 1.807) is 0 Å². The van der Waals surface area contributed by atoms with Crippen LogP contribution < -0.4 is 10.0 Å². The van der Waals surface area contributed by atoms with Crippen molar-refractivity contribution in [3.8, 4) is 39.4 Å². The van der Waals surface area contributed by atoms with Crippen LogP contribution in [0.1, 0.15) is 0 Å². The number of benzene rings is 3. The summed E-state index contributed by atoms with van der Waals surface area (Å²) < 4.78 is 6.35. The zero-order valence-electron chi connectivity index (χ0n) is 18.1. The number of pyridine rings is 2. The Balaban J connectivity index is 1.47. The molecule has 3 nitrogen and oxygen atoms in total. The van der Waals surface area contributed by atoms with Crippen molar-refractivity contribution < 1.29 is 4.74 Å². The van der Waals surface area contributed by atoms with E-state index in [0.717, 1.165) is 39.4 Å². The van der Waals surface area contributed by atoms with E-state index in [1.807, 2.05) is 60.9 Å². The second kappa shape index (κ2) is 10.2. The molecule has 1 unspecified atom stereocenters. The molecule has 2 heterocycles. The van der Waals surface area contributed by atoms with Crippen molar-refractivity contribution in [1.82, 2.24) is 9.97 Å². The van der Waals surface area contributed by atoms with Crippen LogP contribution in [0.3, 0.4) is 0 Å². The standard InChI is InChI=1S/C29H23N2OP/c1-2-11-22(12-3-1)23-13-4-5-18-28(23)32-21-33-29-24(26-16-6-8-19-30-26)14-10-15-25(29)27-17-7-9-20-31-27/h1-20,33H,21H2. The zero-order chi connectivity index (χ0) is 22.3. The zero-order valence-corrected chi connectivity index (χ0v) is 19.1. The van der Waals surface area contributed by atoms with Gasteiger partial charge in [-0.2, -0.15) is 0 Å². The number of ether oxygens (including phenoxy) is 1. The summed E-state index contributed by atoms with van der Waals surface area (Å²) in [6.07, 6.45) is 4.25. The maximum atomic E-state index is 6.35. The average Bonchev–Trinajstić information content (AvgIpc) is 2.90. The Morgan fingerprint density at radius 3 is 1.76 bits per heavy atom. The molecule has 0 aliphatic carbocycles.